The summed E-state index contributed by atoms with van der Waals surface area (Å²) in [6, 6.07) is 5.51. The molecule has 0 fully saturated rings. The third kappa shape index (κ3) is 3.63. The maximum atomic E-state index is 11.0. The summed E-state index contributed by atoms with van der Waals surface area (Å²) in [5.74, 6) is -0.104. The first kappa shape index (κ1) is 13.8. The summed E-state index contributed by atoms with van der Waals surface area (Å²) < 4.78 is 5.99. The van der Waals surface area contributed by atoms with E-state index in [1.54, 1.807) is 21.0 Å². The Morgan fingerprint density at radius 1 is 1.53 bits per heavy atom. The Balaban J connectivity index is 2.78. The summed E-state index contributed by atoms with van der Waals surface area (Å²) in [5, 5.41) is 12.1. The van der Waals surface area contributed by atoms with E-state index >= 15 is 0 Å². The molecule has 0 radical (unpaired) electrons. The minimum absolute atomic E-state index is 0.341. The number of benzene rings is 1. The number of rotatable bonds is 5. The van der Waals surface area contributed by atoms with Gasteiger partial charge < -0.3 is 15.2 Å². The Hall–Kier alpha value is -1.23. The first-order valence-corrected chi connectivity index (χ1v) is 5.97. The van der Waals surface area contributed by atoms with Crippen LogP contribution in [-0.4, -0.2) is 24.7 Å². The number of carbonyl (C=O) groups is 1. The quantitative estimate of drug-likeness (QED) is 0.878. The summed E-state index contributed by atoms with van der Waals surface area (Å²) in [4.78, 5) is 11.0. The first-order valence-electron chi connectivity index (χ1n) is 5.17. The zero-order chi connectivity index (χ0) is 13.1. The monoisotopic (exact) mass is 301 g/mol. The van der Waals surface area contributed by atoms with Crippen molar-refractivity contribution < 1.29 is 14.6 Å². The van der Waals surface area contributed by atoms with E-state index in [0.29, 0.717) is 6.54 Å². The summed E-state index contributed by atoms with van der Waals surface area (Å²) >= 11 is 3.40. The minimum atomic E-state index is -0.830. The molecule has 0 unspecified atom stereocenters. The molecule has 0 heterocycles. The topological polar surface area (TPSA) is 58.6 Å². The lowest BCUT2D eigenvalue weighted by molar-refractivity contribution is -0.146. The van der Waals surface area contributed by atoms with Crippen LogP contribution < -0.4 is 10.1 Å². The Kier molecular flexibility index (Phi) is 4.40. The molecule has 0 saturated heterocycles. The van der Waals surface area contributed by atoms with E-state index in [9.17, 15) is 4.79 Å². The van der Waals surface area contributed by atoms with E-state index < -0.39 is 11.4 Å². The van der Waals surface area contributed by atoms with Crippen LogP contribution in [0.25, 0.3) is 0 Å². The van der Waals surface area contributed by atoms with Gasteiger partial charge in [0.2, 0.25) is 0 Å². The molecule has 0 spiro atoms. The van der Waals surface area contributed by atoms with Crippen LogP contribution in [-0.2, 0) is 4.79 Å². The third-order valence-corrected chi connectivity index (χ3v) is 3.16. The van der Waals surface area contributed by atoms with Gasteiger partial charge >= 0.3 is 5.97 Å². The zero-order valence-corrected chi connectivity index (χ0v) is 11.7. The number of carboxylic acid groups (broad SMARTS) is 1. The molecule has 0 aliphatic heterocycles. The molecule has 0 atom stereocenters. The molecule has 4 nitrogen and oxygen atoms in total. The van der Waals surface area contributed by atoms with E-state index in [2.05, 4.69) is 21.2 Å². The van der Waals surface area contributed by atoms with Gasteiger partial charge in [0.05, 0.1) is 18.2 Å². The van der Waals surface area contributed by atoms with Crippen LogP contribution in [0.3, 0.4) is 0 Å². The van der Waals surface area contributed by atoms with Crippen molar-refractivity contribution in [1.82, 2.24) is 0 Å². The second-order valence-corrected chi connectivity index (χ2v) is 5.24. The van der Waals surface area contributed by atoms with Crippen molar-refractivity contribution >= 4 is 27.6 Å². The lowest BCUT2D eigenvalue weighted by atomic mass is 9.94. The van der Waals surface area contributed by atoms with Gasteiger partial charge in [0.1, 0.15) is 5.75 Å². The summed E-state index contributed by atoms with van der Waals surface area (Å²) in [7, 11) is 1.59. The second kappa shape index (κ2) is 5.40. The van der Waals surface area contributed by atoms with Crippen LogP contribution in [0.1, 0.15) is 13.8 Å². The lowest BCUT2D eigenvalue weighted by Crippen LogP contribution is -2.31. The number of hydrogen-bond donors (Lipinski definition) is 2. The van der Waals surface area contributed by atoms with Gasteiger partial charge in [-0.1, -0.05) is 0 Å². The third-order valence-electron chi connectivity index (χ3n) is 2.47. The summed E-state index contributed by atoms with van der Waals surface area (Å²) in [5.41, 5.74) is 0.00127. The highest BCUT2D eigenvalue weighted by Gasteiger charge is 2.26. The smallest absolute Gasteiger partial charge is 0.310 e. The number of ether oxygens (including phenoxy) is 1. The fourth-order valence-corrected chi connectivity index (χ4v) is 1.55. The van der Waals surface area contributed by atoms with Gasteiger partial charge in [0.15, 0.2) is 0 Å². The Labute approximate surface area is 109 Å². The maximum Gasteiger partial charge on any atom is 0.310 e. The van der Waals surface area contributed by atoms with Crippen molar-refractivity contribution in [2.45, 2.75) is 13.8 Å². The Morgan fingerprint density at radius 3 is 2.71 bits per heavy atom. The molecule has 17 heavy (non-hydrogen) atoms. The maximum absolute atomic E-state index is 11.0. The summed E-state index contributed by atoms with van der Waals surface area (Å²) in [6.45, 7) is 3.70. The number of carboxylic acids is 1. The second-order valence-electron chi connectivity index (χ2n) is 4.39. The van der Waals surface area contributed by atoms with Gasteiger partial charge in [0.25, 0.3) is 0 Å². The molecule has 1 aromatic rings. The Morgan fingerprint density at radius 2 is 2.18 bits per heavy atom. The molecule has 1 rings (SSSR count). The van der Waals surface area contributed by atoms with Crippen LogP contribution in [0.2, 0.25) is 0 Å². The van der Waals surface area contributed by atoms with Crippen LogP contribution in [0.15, 0.2) is 22.7 Å². The average Bonchev–Trinajstić information content (AvgIpc) is 2.28. The molecule has 0 bridgehead atoms. The predicted molar refractivity (Wildman–Crippen MR) is 70.6 cm³/mol. The minimum Gasteiger partial charge on any atom is -0.497 e. The van der Waals surface area contributed by atoms with Crippen LogP contribution in [0.4, 0.5) is 5.69 Å². The first-order chi connectivity index (χ1) is 7.86. The van der Waals surface area contributed by atoms with Gasteiger partial charge in [-0.15, -0.1) is 0 Å². The predicted octanol–water partition coefficient (Wildman–Crippen LogP) is 2.98. The molecule has 0 aliphatic rings. The van der Waals surface area contributed by atoms with Gasteiger partial charge in [0, 0.05) is 17.1 Å². The van der Waals surface area contributed by atoms with Gasteiger partial charge in [-0.25, -0.2) is 0 Å². The van der Waals surface area contributed by atoms with Crippen molar-refractivity contribution in [2.24, 2.45) is 5.41 Å². The molecule has 94 valence electrons. The van der Waals surface area contributed by atoms with Crippen LogP contribution in [0.5, 0.6) is 5.75 Å². The van der Waals surface area contributed by atoms with Crippen molar-refractivity contribution in [3.63, 3.8) is 0 Å². The highest BCUT2D eigenvalue weighted by molar-refractivity contribution is 9.10. The number of aliphatic carboxylic acids is 1. The van der Waals surface area contributed by atoms with E-state index in [1.807, 2.05) is 18.2 Å². The molecular formula is C12H16BrNO3. The van der Waals surface area contributed by atoms with Gasteiger partial charge in [-0.05, 0) is 41.9 Å². The number of hydrogen-bond acceptors (Lipinski definition) is 3. The fraction of sp³-hybridized carbons (Fsp3) is 0.417. The van der Waals surface area contributed by atoms with E-state index in [1.165, 1.54) is 0 Å². The van der Waals surface area contributed by atoms with E-state index in [-0.39, 0.29) is 0 Å². The Bertz CT molecular complexity index is 418. The zero-order valence-electron chi connectivity index (χ0n) is 10.1. The fourth-order valence-electron chi connectivity index (χ4n) is 1.16. The molecule has 0 saturated carbocycles. The van der Waals surface area contributed by atoms with Gasteiger partial charge in [-0.2, -0.15) is 0 Å². The van der Waals surface area contributed by atoms with Crippen LogP contribution >= 0.6 is 15.9 Å². The molecule has 0 aromatic heterocycles. The normalized spacial score (nSPS) is 11.1. The molecular weight excluding hydrogens is 286 g/mol. The highest BCUT2D eigenvalue weighted by Crippen LogP contribution is 2.28. The number of halogens is 1. The number of anilines is 1. The summed E-state index contributed by atoms with van der Waals surface area (Å²) in [6.07, 6.45) is 0. The molecule has 0 amide bonds. The van der Waals surface area contributed by atoms with Crippen molar-refractivity contribution in [3.05, 3.63) is 22.7 Å². The number of nitrogens with one attached hydrogen (secondary N) is 1. The molecule has 5 heteroatoms. The van der Waals surface area contributed by atoms with Crippen LogP contribution in [0, 0.1) is 5.41 Å². The lowest BCUT2D eigenvalue weighted by Gasteiger charge is -2.21. The van der Waals surface area contributed by atoms with Gasteiger partial charge in [-0.3, -0.25) is 4.79 Å². The van der Waals surface area contributed by atoms with E-state index in [4.69, 9.17) is 9.84 Å². The molecule has 2 N–H and O–H groups in total. The molecule has 0 aliphatic carbocycles. The highest BCUT2D eigenvalue weighted by atomic mass is 79.9. The SMILES string of the molecule is COc1ccc(Br)c(NCC(C)(C)C(=O)O)c1. The average molecular weight is 302 g/mol. The van der Waals surface area contributed by atoms with E-state index in [0.717, 1.165) is 15.9 Å². The standard InChI is InChI=1S/C12H16BrNO3/c1-12(2,11(15)16)7-14-10-6-8(17-3)4-5-9(10)13/h4-6,14H,7H2,1-3H3,(H,15,16). The molecule has 1 aromatic carbocycles. The van der Waals surface area contributed by atoms with Crippen molar-refractivity contribution in [1.29, 1.82) is 0 Å². The van der Waals surface area contributed by atoms with Crippen molar-refractivity contribution in [3.8, 4) is 5.75 Å². The number of methoxy groups -OCH3 is 1. The van der Waals surface area contributed by atoms with Crippen molar-refractivity contribution in [2.75, 3.05) is 19.0 Å². The largest absolute Gasteiger partial charge is 0.497 e.